The molecule has 0 aromatic heterocycles. The zero-order valence-electron chi connectivity index (χ0n) is 17.0. The Morgan fingerprint density at radius 2 is 1.96 bits per heavy atom. The van der Waals surface area contributed by atoms with Gasteiger partial charge in [0.05, 0.1) is 13.2 Å². The molecule has 5 unspecified atom stereocenters. The normalized spacial score (nSPS) is 46.6. The van der Waals surface area contributed by atoms with Crippen molar-refractivity contribution >= 4 is 18.4 Å². The van der Waals surface area contributed by atoms with Crippen LogP contribution in [0.25, 0.3) is 0 Å². The summed E-state index contributed by atoms with van der Waals surface area (Å²) in [7, 11) is 0. The average Bonchev–Trinajstić information content (AvgIpc) is 3.31. The fourth-order valence-electron chi connectivity index (χ4n) is 8.09. The molecule has 1 heterocycles. The molecule has 0 radical (unpaired) electrons. The molecule has 4 aliphatic carbocycles. The van der Waals surface area contributed by atoms with Gasteiger partial charge in [-0.05, 0) is 67.4 Å². The van der Waals surface area contributed by atoms with Crippen LogP contribution in [0.4, 0.5) is 0 Å². The molecule has 4 nitrogen and oxygen atoms in total. The van der Waals surface area contributed by atoms with Gasteiger partial charge in [0.2, 0.25) is 0 Å². The Kier molecular flexibility index (Phi) is 4.78. The first-order valence-electron chi connectivity index (χ1n) is 11.2. The first kappa shape index (κ1) is 19.6. The molecule has 5 aliphatic rings. The van der Waals surface area contributed by atoms with E-state index in [0.717, 1.165) is 50.7 Å². The molecule has 5 heteroatoms. The molecule has 0 amide bonds. The third-order valence-electron chi connectivity index (χ3n) is 9.47. The van der Waals surface area contributed by atoms with E-state index in [1.165, 1.54) is 12.0 Å². The van der Waals surface area contributed by atoms with Gasteiger partial charge in [-0.3, -0.25) is 4.79 Å². The molecule has 1 saturated heterocycles. The lowest BCUT2D eigenvalue weighted by atomic mass is 9.47. The van der Waals surface area contributed by atoms with E-state index in [1.54, 1.807) is 0 Å². The van der Waals surface area contributed by atoms with Crippen LogP contribution < -0.4 is 0 Å². The fraction of sp³-hybridized carbons (Fsp3) is 0.870. The van der Waals surface area contributed by atoms with Crippen LogP contribution in [0.5, 0.6) is 0 Å². The number of fused-ring (bicyclic) bond motifs is 5. The number of rotatable bonds is 3. The van der Waals surface area contributed by atoms with Crippen LogP contribution in [0.3, 0.4) is 0 Å². The number of carbonyl (C=O) groups is 1. The Hall–Kier alpha value is -0.360. The smallest absolute Gasteiger partial charge is 0.172 e. The van der Waals surface area contributed by atoms with Crippen LogP contribution in [-0.2, 0) is 14.3 Å². The highest BCUT2D eigenvalue weighted by Crippen LogP contribution is 2.67. The number of aliphatic hydroxyl groups excluding tert-OH is 1. The Morgan fingerprint density at radius 3 is 2.68 bits per heavy atom. The molecule has 4 fully saturated rings. The van der Waals surface area contributed by atoms with E-state index in [2.05, 4.69) is 13.0 Å². The van der Waals surface area contributed by atoms with Gasteiger partial charge >= 0.3 is 0 Å². The first-order valence-corrected chi connectivity index (χ1v) is 11.8. The number of thiol groups is 1. The summed E-state index contributed by atoms with van der Waals surface area (Å²) in [4.78, 5) is 12.4. The van der Waals surface area contributed by atoms with Gasteiger partial charge in [0.1, 0.15) is 6.61 Å². The summed E-state index contributed by atoms with van der Waals surface area (Å²) in [6.07, 6.45) is 11.0. The van der Waals surface area contributed by atoms with Crippen molar-refractivity contribution in [1.29, 1.82) is 0 Å². The number of ether oxygens (including phenoxy) is 2. The number of hydrogen-bond acceptors (Lipinski definition) is 5. The minimum Gasteiger partial charge on any atom is -0.389 e. The standard InChI is InChI=1S/C23H34O4S/c1-21-7-6-18-16(17(21)4-5-19(21)20(25)13-24)3-2-15-12-23(26-10-11-27-23)9-8-22(15,18)14-28/h2,16-19,24,28H,3-14H2,1H3/t16?,17?,18?,19?,21-,22?/m0/s1. The predicted octanol–water partition coefficient (Wildman–Crippen LogP) is 3.78. The second-order valence-electron chi connectivity index (χ2n) is 10.2. The maximum absolute atomic E-state index is 12.4. The van der Waals surface area contributed by atoms with Crippen molar-refractivity contribution in [1.82, 2.24) is 0 Å². The predicted molar refractivity (Wildman–Crippen MR) is 110 cm³/mol. The minimum atomic E-state index is -0.375. The molecular formula is C23H34O4S. The second kappa shape index (κ2) is 6.83. The van der Waals surface area contributed by atoms with Crippen LogP contribution in [0.1, 0.15) is 58.3 Å². The summed E-state index contributed by atoms with van der Waals surface area (Å²) in [5, 5.41) is 9.47. The van der Waals surface area contributed by atoms with Gasteiger partial charge in [0.15, 0.2) is 11.6 Å². The summed E-state index contributed by atoms with van der Waals surface area (Å²) >= 11 is 4.90. The molecule has 1 aliphatic heterocycles. The van der Waals surface area contributed by atoms with Crippen LogP contribution in [0.2, 0.25) is 0 Å². The van der Waals surface area contributed by atoms with E-state index < -0.39 is 0 Å². The van der Waals surface area contributed by atoms with E-state index in [-0.39, 0.29) is 34.9 Å². The van der Waals surface area contributed by atoms with Gasteiger partial charge in [0, 0.05) is 24.2 Å². The van der Waals surface area contributed by atoms with E-state index in [1.807, 2.05) is 0 Å². The second-order valence-corrected chi connectivity index (χ2v) is 10.6. The maximum Gasteiger partial charge on any atom is 0.172 e. The third kappa shape index (κ3) is 2.58. The van der Waals surface area contributed by atoms with Crippen molar-refractivity contribution in [3.63, 3.8) is 0 Å². The molecule has 0 aromatic carbocycles. The zero-order chi connectivity index (χ0) is 19.6. The maximum atomic E-state index is 12.4. The van der Waals surface area contributed by atoms with E-state index >= 15 is 0 Å². The van der Waals surface area contributed by atoms with Crippen molar-refractivity contribution in [2.45, 2.75) is 64.1 Å². The highest BCUT2D eigenvalue weighted by atomic mass is 32.1. The quantitative estimate of drug-likeness (QED) is 0.553. The van der Waals surface area contributed by atoms with Gasteiger partial charge in [-0.1, -0.05) is 18.6 Å². The van der Waals surface area contributed by atoms with E-state index in [4.69, 9.17) is 22.1 Å². The Bertz CT molecular complexity index is 684. The van der Waals surface area contributed by atoms with Crippen molar-refractivity contribution in [2.75, 3.05) is 25.6 Å². The number of ketones is 1. The highest BCUT2D eigenvalue weighted by Gasteiger charge is 2.61. The number of Topliss-reactive ketones (excluding diaryl/α,β-unsaturated/α-hetero) is 1. The number of aliphatic hydroxyl groups is 1. The summed E-state index contributed by atoms with van der Waals surface area (Å²) in [6.45, 7) is 3.47. The topological polar surface area (TPSA) is 55.8 Å². The lowest BCUT2D eigenvalue weighted by Gasteiger charge is -2.59. The molecule has 0 aromatic rings. The van der Waals surface area contributed by atoms with Crippen LogP contribution >= 0.6 is 12.6 Å². The van der Waals surface area contributed by atoms with Gasteiger partial charge in [-0.25, -0.2) is 0 Å². The average molecular weight is 407 g/mol. The van der Waals surface area contributed by atoms with Gasteiger partial charge in [-0.15, -0.1) is 0 Å². The minimum absolute atomic E-state index is 0.0516. The van der Waals surface area contributed by atoms with Crippen LogP contribution in [0, 0.1) is 34.5 Å². The molecule has 1 spiro atoms. The van der Waals surface area contributed by atoms with Crippen molar-refractivity contribution in [3.8, 4) is 0 Å². The zero-order valence-corrected chi connectivity index (χ0v) is 17.9. The summed E-state index contributed by atoms with van der Waals surface area (Å²) in [5.74, 6) is 2.54. The molecule has 5 rings (SSSR count). The fourth-order valence-corrected chi connectivity index (χ4v) is 8.68. The molecular weight excluding hydrogens is 372 g/mol. The van der Waals surface area contributed by atoms with Crippen LogP contribution in [0.15, 0.2) is 11.6 Å². The Morgan fingerprint density at radius 1 is 1.18 bits per heavy atom. The lowest BCUT2D eigenvalue weighted by molar-refractivity contribution is -0.185. The Labute approximate surface area is 173 Å². The Balaban J connectivity index is 1.45. The van der Waals surface area contributed by atoms with Crippen LogP contribution in [-0.4, -0.2) is 42.3 Å². The van der Waals surface area contributed by atoms with Crippen molar-refractivity contribution in [3.05, 3.63) is 11.6 Å². The highest BCUT2D eigenvalue weighted by molar-refractivity contribution is 7.80. The molecule has 6 atom stereocenters. The summed E-state index contributed by atoms with van der Waals surface area (Å²) < 4.78 is 12.1. The largest absolute Gasteiger partial charge is 0.389 e. The molecule has 28 heavy (non-hydrogen) atoms. The van der Waals surface area contributed by atoms with Crippen molar-refractivity contribution in [2.24, 2.45) is 34.5 Å². The van der Waals surface area contributed by atoms with Gasteiger partial charge in [0.25, 0.3) is 0 Å². The lowest BCUT2D eigenvalue weighted by Crippen LogP contribution is -2.54. The van der Waals surface area contributed by atoms with Gasteiger partial charge < -0.3 is 14.6 Å². The molecule has 3 saturated carbocycles. The summed E-state index contributed by atoms with van der Waals surface area (Å²) in [5.41, 5.74) is 1.77. The van der Waals surface area contributed by atoms with Gasteiger partial charge in [-0.2, -0.15) is 12.6 Å². The van der Waals surface area contributed by atoms with E-state index in [0.29, 0.717) is 31.0 Å². The number of carbonyl (C=O) groups excluding carboxylic acids is 1. The SMILES string of the molecule is C[C@]12CCC3C(CC=C4CC5(CCC43CS)OCCO5)C1CCC2C(=O)CO. The molecule has 1 N–H and O–H groups in total. The summed E-state index contributed by atoms with van der Waals surface area (Å²) in [6, 6.07) is 0. The number of allylic oxidation sites excluding steroid dienone is 1. The molecule has 0 bridgehead atoms. The van der Waals surface area contributed by atoms with E-state index in [9.17, 15) is 9.90 Å². The number of hydrogen-bond donors (Lipinski definition) is 2. The first-order chi connectivity index (χ1) is 13.5. The third-order valence-corrected chi connectivity index (χ3v) is 10.0. The van der Waals surface area contributed by atoms with Crippen molar-refractivity contribution < 1.29 is 19.4 Å². The monoisotopic (exact) mass is 406 g/mol. The molecule has 156 valence electrons.